The lowest BCUT2D eigenvalue weighted by Crippen LogP contribution is -2.42. The van der Waals surface area contributed by atoms with Gasteiger partial charge in [0, 0.05) is 19.6 Å². The van der Waals surface area contributed by atoms with Gasteiger partial charge in [-0.05, 0) is 43.2 Å². The first-order chi connectivity index (χ1) is 11.0. The van der Waals surface area contributed by atoms with Gasteiger partial charge in [-0.1, -0.05) is 13.8 Å². The monoisotopic (exact) mass is 341 g/mol. The minimum absolute atomic E-state index is 0.128. The molecule has 3 atom stereocenters. The molecule has 3 unspecified atom stereocenters. The maximum atomic E-state index is 12.9. The summed E-state index contributed by atoms with van der Waals surface area (Å²) in [6, 6.07) is 3.75. The quantitative estimate of drug-likeness (QED) is 0.826. The Hall–Kier alpha value is -0.850. The zero-order valence-corrected chi connectivity index (χ0v) is 14.8. The van der Waals surface area contributed by atoms with E-state index >= 15 is 0 Å². The first-order valence-electron chi connectivity index (χ1n) is 8.65. The summed E-state index contributed by atoms with van der Waals surface area (Å²) in [7, 11) is -3.29. The average Bonchev–Trinajstić information content (AvgIpc) is 3.17. The van der Waals surface area contributed by atoms with Gasteiger partial charge in [0.25, 0.3) is 0 Å². The van der Waals surface area contributed by atoms with Crippen LogP contribution in [0.2, 0.25) is 0 Å². The lowest BCUT2D eigenvalue weighted by Gasteiger charge is -2.36. The van der Waals surface area contributed by atoms with Gasteiger partial charge in [-0.3, -0.25) is 0 Å². The third kappa shape index (κ3) is 3.80. The molecule has 5 nitrogen and oxygen atoms in total. The molecule has 0 aliphatic carbocycles. The number of rotatable bonds is 5. The standard InChI is InChI=1S/C17H27NO4S/c1-3-15-4-5-17(22-15)16-10-13(2)6-8-18(16)23(19,20)12-14-7-9-21-11-14/h4-5,13-14,16H,3,6-12H2,1-2H3. The summed E-state index contributed by atoms with van der Waals surface area (Å²) < 4.78 is 38.8. The van der Waals surface area contributed by atoms with E-state index in [2.05, 4.69) is 6.92 Å². The number of ether oxygens (including phenoxy) is 1. The number of piperidine rings is 1. The fraction of sp³-hybridized carbons (Fsp3) is 0.765. The second-order valence-electron chi connectivity index (χ2n) is 6.92. The van der Waals surface area contributed by atoms with E-state index < -0.39 is 10.0 Å². The van der Waals surface area contributed by atoms with Crippen molar-refractivity contribution in [2.75, 3.05) is 25.5 Å². The van der Waals surface area contributed by atoms with Gasteiger partial charge in [0.2, 0.25) is 10.0 Å². The summed E-state index contributed by atoms with van der Waals surface area (Å²) in [6.07, 6.45) is 3.42. The summed E-state index contributed by atoms with van der Waals surface area (Å²) in [4.78, 5) is 0. The Morgan fingerprint density at radius 2 is 2.13 bits per heavy atom. The molecule has 3 rings (SSSR count). The molecule has 0 N–H and O–H groups in total. The van der Waals surface area contributed by atoms with Gasteiger partial charge < -0.3 is 9.15 Å². The van der Waals surface area contributed by atoms with E-state index in [9.17, 15) is 8.42 Å². The van der Waals surface area contributed by atoms with Crippen molar-refractivity contribution in [3.63, 3.8) is 0 Å². The fourth-order valence-electron chi connectivity index (χ4n) is 3.58. The van der Waals surface area contributed by atoms with Crippen LogP contribution in [-0.4, -0.2) is 38.2 Å². The van der Waals surface area contributed by atoms with Crippen molar-refractivity contribution >= 4 is 10.0 Å². The number of furan rings is 1. The average molecular weight is 341 g/mol. The predicted molar refractivity (Wildman–Crippen MR) is 88.6 cm³/mol. The second-order valence-corrected chi connectivity index (χ2v) is 8.89. The minimum Gasteiger partial charge on any atom is -0.464 e. The lowest BCUT2D eigenvalue weighted by atomic mass is 9.93. The molecule has 2 fully saturated rings. The molecule has 0 bridgehead atoms. The zero-order chi connectivity index (χ0) is 16.4. The van der Waals surface area contributed by atoms with Gasteiger partial charge in [0.1, 0.15) is 11.5 Å². The first-order valence-corrected chi connectivity index (χ1v) is 10.3. The molecule has 3 heterocycles. The van der Waals surface area contributed by atoms with Crippen LogP contribution < -0.4 is 0 Å². The highest BCUT2D eigenvalue weighted by Crippen LogP contribution is 2.37. The van der Waals surface area contributed by atoms with Gasteiger partial charge in [-0.25, -0.2) is 8.42 Å². The van der Waals surface area contributed by atoms with Crippen molar-refractivity contribution in [1.29, 1.82) is 0 Å². The van der Waals surface area contributed by atoms with Crippen LogP contribution in [0.4, 0.5) is 0 Å². The Bertz CT molecular complexity index is 618. The highest BCUT2D eigenvalue weighted by atomic mass is 32.2. The number of hydrogen-bond donors (Lipinski definition) is 0. The van der Waals surface area contributed by atoms with E-state index in [0.29, 0.717) is 25.7 Å². The molecule has 2 aliphatic heterocycles. The third-order valence-electron chi connectivity index (χ3n) is 5.00. The Balaban J connectivity index is 1.81. The van der Waals surface area contributed by atoms with Crippen molar-refractivity contribution in [3.05, 3.63) is 23.7 Å². The van der Waals surface area contributed by atoms with Crippen LogP contribution in [0.15, 0.2) is 16.5 Å². The van der Waals surface area contributed by atoms with Crippen LogP contribution in [0, 0.1) is 11.8 Å². The molecular weight excluding hydrogens is 314 g/mol. The van der Waals surface area contributed by atoms with Crippen LogP contribution in [0.3, 0.4) is 0 Å². The molecule has 6 heteroatoms. The number of sulfonamides is 1. The highest BCUT2D eigenvalue weighted by molar-refractivity contribution is 7.89. The van der Waals surface area contributed by atoms with Gasteiger partial charge >= 0.3 is 0 Å². The van der Waals surface area contributed by atoms with Crippen molar-refractivity contribution in [2.24, 2.45) is 11.8 Å². The third-order valence-corrected chi connectivity index (χ3v) is 7.05. The van der Waals surface area contributed by atoms with Crippen LogP contribution in [0.5, 0.6) is 0 Å². The molecule has 2 aliphatic rings. The summed E-state index contributed by atoms with van der Waals surface area (Å²) in [6.45, 7) is 6.06. The molecule has 1 aromatic rings. The summed E-state index contributed by atoms with van der Waals surface area (Å²) in [5, 5.41) is 0. The van der Waals surface area contributed by atoms with Crippen LogP contribution in [0.1, 0.15) is 50.7 Å². The Labute approximate surface area is 139 Å². The number of nitrogens with zero attached hydrogens (tertiary/aromatic N) is 1. The van der Waals surface area contributed by atoms with Gasteiger partial charge in [0.05, 0.1) is 18.4 Å². The predicted octanol–water partition coefficient (Wildman–Crippen LogP) is 2.98. The van der Waals surface area contributed by atoms with Crippen LogP contribution >= 0.6 is 0 Å². The van der Waals surface area contributed by atoms with E-state index in [1.807, 2.05) is 19.1 Å². The molecule has 0 radical (unpaired) electrons. The molecule has 130 valence electrons. The van der Waals surface area contributed by atoms with Gasteiger partial charge in [0.15, 0.2) is 0 Å². The minimum atomic E-state index is -3.29. The maximum absolute atomic E-state index is 12.9. The summed E-state index contributed by atoms with van der Waals surface area (Å²) >= 11 is 0. The highest BCUT2D eigenvalue weighted by Gasteiger charge is 2.38. The largest absolute Gasteiger partial charge is 0.464 e. The van der Waals surface area contributed by atoms with Gasteiger partial charge in [-0.15, -0.1) is 0 Å². The molecule has 0 aromatic carbocycles. The van der Waals surface area contributed by atoms with E-state index in [1.165, 1.54) is 0 Å². The topological polar surface area (TPSA) is 59.8 Å². The molecular formula is C17H27NO4S. The molecule has 23 heavy (non-hydrogen) atoms. The summed E-state index contributed by atoms with van der Waals surface area (Å²) in [5.74, 6) is 2.54. The molecule has 1 aromatic heterocycles. The smallest absolute Gasteiger partial charge is 0.215 e. The Morgan fingerprint density at radius 1 is 1.30 bits per heavy atom. The van der Waals surface area contributed by atoms with Crippen molar-refractivity contribution in [3.8, 4) is 0 Å². The Kier molecular flexibility index (Phi) is 5.13. The normalized spacial score (nSPS) is 29.9. The molecule has 0 spiro atoms. The van der Waals surface area contributed by atoms with Crippen molar-refractivity contribution < 1.29 is 17.6 Å². The molecule has 0 saturated carbocycles. The van der Waals surface area contributed by atoms with E-state index in [0.717, 1.165) is 37.2 Å². The number of aryl methyl sites for hydroxylation is 1. The molecule has 0 amide bonds. The first kappa shape index (κ1) is 17.0. The fourth-order valence-corrected chi connectivity index (χ4v) is 5.59. The second kappa shape index (κ2) is 6.95. The summed E-state index contributed by atoms with van der Waals surface area (Å²) in [5.41, 5.74) is 0. The SMILES string of the molecule is CCc1ccc(C2CC(C)CCN2S(=O)(=O)CC2CCOC2)o1. The van der Waals surface area contributed by atoms with E-state index in [-0.39, 0.29) is 17.7 Å². The van der Waals surface area contributed by atoms with Crippen LogP contribution in [0.25, 0.3) is 0 Å². The zero-order valence-electron chi connectivity index (χ0n) is 14.0. The van der Waals surface area contributed by atoms with E-state index in [4.69, 9.17) is 9.15 Å². The van der Waals surface area contributed by atoms with Crippen LogP contribution in [-0.2, 0) is 21.2 Å². The molecule has 2 saturated heterocycles. The van der Waals surface area contributed by atoms with Gasteiger partial charge in [-0.2, -0.15) is 4.31 Å². The van der Waals surface area contributed by atoms with Crippen molar-refractivity contribution in [1.82, 2.24) is 4.31 Å². The Morgan fingerprint density at radius 3 is 2.78 bits per heavy atom. The number of hydrogen-bond acceptors (Lipinski definition) is 4. The van der Waals surface area contributed by atoms with Crippen molar-refractivity contribution in [2.45, 2.75) is 45.6 Å². The van der Waals surface area contributed by atoms with E-state index in [1.54, 1.807) is 4.31 Å². The lowest BCUT2D eigenvalue weighted by molar-refractivity contribution is 0.179. The maximum Gasteiger partial charge on any atom is 0.215 e.